The molecule has 1 heterocycles. The monoisotopic (exact) mass is 548 g/mol. The number of hydrogen-bond acceptors (Lipinski definition) is 4. The van der Waals surface area contributed by atoms with Crippen LogP contribution in [0.1, 0.15) is 53.4 Å². The van der Waals surface area contributed by atoms with Crippen molar-refractivity contribution in [1.29, 1.82) is 0 Å². The van der Waals surface area contributed by atoms with E-state index >= 15 is 0 Å². The quantitative estimate of drug-likeness (QED) is 0.203. The number of hydrogen-bond donors (Lipinski definition) is 0. The van der Waals surface area contributed by atoms with Gasteiger partial charge in [-0.25, -0.2) is 0 Å². The number of methoxy groups -OCH3 is 1. The number of ether oxygens (including phenoxy) is 3. The van der Waals surface area contributed by atoms with E-state index in [1.807, 2.05) is 24.3 Å². The smallest absolute Gasteiger partial charge is 0.192 e. The molecule has 0 radical (unpaired) electrons. The highest BCUT2D eigenvalue weighted by molar-refractivity contribution is 14.1. The van der Waals surface area contributed by atoms with Gasteiger partial charge in [-0.3, -0.25) is 0 Å². The number of halogens is 1. The Morgan fingerprint density at radius 1 is 1.17 bits per heavy atom. The minimum atomic E-state index is -1.89. The predicted molar refractivity (Wildman–Crippen MR) is 135 cm³/mol. The first-order valence-corrected chi connectivity index (χ1v) is 15.5. The standard InChI is InChI=1S/C24H41IO4Si/c1-16(14-25)22(29-30(8,9)24(4,5)6)18(3)21-17(2)15-27-23(28-21)19-10-12-20(26-7)13-11-19/h10-13,16-18,21-23H,14-15H2,1-9H3/t16-,17-,18+,21-,22-,23-/m1/s1. The average Bonchev–Trinajstić information content (AvgIpc) is 2.70. The van der Waals surface area contributed by atoms with E-state index in [4.69, 9.17) is 18.6 Å². The van der Waals surface area contributed by atoms with Crippen LogP contribution in [-0.4, -0.2) is 38.7 Å². The molecule has 1 fully saturated rings. The van der Waals surface area contributed by atoms with Crippen LogP contribution in [0.3, 0.4) is 0 Å². The summed E-state index contributed by atoms with van der Waals surface area (Å²) in [6, 6.07) is 7.97. The van der Waals surface area contributed by atoms with Gasteiger partial charge < -0.3 is 18.6 Å². The normalized spacial score (nSPS) is 26.1. The van der Waals surface area contributed by atoms with Gasteiger partial charge in [0.05, 0.1) is 25.9 Å². The van der Waals surface area contributed by atoms with Crippen LogP contribution in [-0.2, 0) is 13.9 Å². The second-order valence-corrected chi connectivity index (χ2v) is 16.0. The van der Waals surface area contributed by atoms with E-state index in [0.717, 1.165) is 15.7 Å². The van der Waals surface area contributed by atoms with Gasteiger partial charge in [0.25, 0.3) is 0 Å². The molecule has 1 aliphatic heterocycles. The molecule has 2 rings (SSSR count). The zero-order valence-corrected chi connectivity index (χ0v) is 23.4. The third-order valence-electron chi connectivity index (χ3n) is 6.82. The third-order valence-corrected chi connectivity index (χ3v) is 12.7. The van der Waals surface area contributed by atoms with Crippen molar-refractivity contribution in [2.24, 2.45) is 17.8 Å². The van der Waals surface area contributed by atoms with Crippen LogP contribution in [0.2, 0.25) is 18.1 Å². The van der Waals surface area contributed by atoms with Gasteiger partial charge in [0.1, 0.15) is 5.75 Å². The molecule has 0 amide bonds. The minimum Gasteiger partial charge on any atom is -0.497 e. The summed E-state index contributed by atoms with van der Waals surface area (Å²) in [5, 5.41) is 0.184. The van der Waals surface area contributed by atoms with Crippen LogP contribution < -0.4 is 4.74 Å². The molecule has 1 saturated heterocycles. The summed E-state index contributed by atoms with van der Waals surface area (Å²) in [6.07, 6.45) is -0.0844. The Morgan fingerprint density at radius 3 is 2.27 bits per heavy atom. The van der Waals surface area contributed by atoms with Gasteiger partial charge in [-0.2, -0.15) is 0 Å². The lowest BCUT2D eigenvalue weighted by Gasteiger charge is -2.46. The summed E-state index contributed by atoms with van der Waals surface area (Å²) in [5.74, 6) is 1.91. The van der Waals surface area contributed by atoms with Crippen LogP contribution in [0.4, 0.5) is 0 Å². The molecule has 4 nitrogen and oxygen atoms in total. The summed E-state index contributed by atoms with van der Waals surface area (Å²) in [5.41, 5.74) is 1.03. The second-order valence-electron chi connectivity index (χ2n) is 10.3. The maximum absolute atomic E-state index is 6.99. The van der Waals surface area contributed by atoms with Gasteiger partial charge in [0.2, 0.25) is 0 Å². The fourth-order valence-corrected chi connectivity index (χ4v) is 5.74. The molecule has 0 bridgehead atoms. The Hall–Kier alpha value is -0.153. The molecule has 0 N–H and O–H groups in total. The molecule has 0 saturated carbocycles. The van der Waals surface area contributed by atoms with Crippen molar-refractivity contribution in [3.63, 3.8) is 0 Å². The lowest BCUT2D eigenvalue weighted by atomic mass is 9.84. The van der Waals surface area contributed by atoms with E-state index in [1.54, 1.807) is 7.11 Å². The highest BCUT2D eigenvalue weighted by atomic mass is 127. The van der Waals surface area contributed by atoms with E-state index in [-0.39, 0.29) is 29.5 Å². The fourth-order valence-electron chi connectivity index (χ4n) is 3.76. The van der Waals surface area contributed by atoms with Gasteiger partial charge >= 0.3 is 0 Å². The number of rotatable bonds is 8. The first kappa shape index (κ1) is 26.1. The molecule has 30 heavy (non-hydrogen) atoms. The molecule has 1 aromatic rings. The highest BCUT2D eigenvalue weighted by Crippen LogP contribution is 2.42. The van der Waals surface area contributed by atoms with Crippen molar-refractivity contribution >= 4 is 30.9 Å². The van der Waals surface area contributed by atoms with E-state index in [1.165, 1.54) is 0 Å². The van der Waals surface area contributed by atoms with Crippen LogP contribution >= 0.6 is 22.6 Å². The highest BCUT2D eigenvalue weighted by Gasteiger charge is 2.44. The Bertz CT molecular complexity index is 658. The van der Waals surface area contributed by atoms with E-state index in [9.17, 15) is 0 Å². The van der Waals surface area contributed by atoms with Crippen molar-refractivity contribution in [2.45, 2.75) is 78.2 Å². The molecule has 1 aromatic carbocycles. The van der Waals surface area contributed by atoms with Crippen molar-refractivity contribution in [3.8, 4) is 5.75 Å². The molecular weight excluding hydrogens is 507 g/mol. The van der Waals surface area contributed by atoms with Gasteiger partial charge in [0.15, 0.2) is 14.6 Å². The molecule has 0 unspecified atom stereocenters. The Morgan fingerprint density at radius 2 is 1.77 bits per heavy atom. The van der Waals surface area contributed by atoms with Crippen LogP contribution in [0.15, 0.2) is 24.3 Å². The summed E-state index contributed by atoms with van der Waals surface area (Å²) in [6.45, 7) is 19.2. The average molecular weight is 549 g/mol. The summed E-state index contributed by atoms with van der Waals surface area (Å²) in [4.78, 5) is 0. The first-order valence-electron chi connectivity index (χ1n) is 11.1. The van der Waals surface area contributed by atoms with Crippen molar-refractivity contribution < 1.29 is 18.6 Å². The van der Waals surface area contributed by atoms with E-state index in [0.29, 0.717) is 18.4 Å². The largest absolute Gasteiger partial charge is 0.497 e. The van der Waals surface area contributed by atoms with Crippen molar-refractivity contribution in [2.75, 3.05) is 18.1 Å². The lowest BCUT2D eigenvalue weighted by molar-refractivity contribution is -0.256. The Kier molecular flexibility index (Phi) is 9.26. The SMILES string of the molecule is COc1ccc([C@@H]2OC[C@@H](C)[C@H]([C@H](C)[C@H](O[Si](C)(C)C(C)(C)C)[C@H](C)CI)O2)cc1. The van der Waals surface area contributed by atoms with Gasteiger partial charge in [0, 0.05) is 21.8 Å². The molecule has 172 valence electrons. The predicted octanol–water partition coefficient (Wildman–Crippen LogP) is 6.84. The maximum Gasteiger partial charge on any atom is 0.192 e. The van der Waals surface area contributed by atoms with Gasteiger partial charge in [-0.15, -0.1) is 0 Å². The zero-order valence-electron chi connectivity index (χ0n) is 20.2. The van der Waals surface area contributed by atoms with E-state index in [2.05, 4.69) is 77.2 Å². The fraction of sp³-hybridized carbons (Fsp3) is 0.750. The summed E-state index contributed by atoms with van der Waals surface area (Å²) in [7, 11) is -0.212. The molecule has 0 aliphatic carbocycles. The lowest BCUT2D eigenvalue weighted by Crippen LogP contribution is -2.51. The zero-order chi connectivity index (χ0) is 22.7. The van der Waals surface area contributed by atoms with Gasteiger partial charge in [-0.05, 0) is 36.2 Å². The molecular formula is C24H41IO4Si. The number of benzene rings is 1. The second kappa shape index (κ2) is 10.6. The van der Waals surface area contributed by atoms with Crippen molar-refractivity contribution in [3.05, 3.63) is 29.8 Å². The molecule has 6 atom stereocenters. The third kappa shape index (κ3) is 6.21. The summed E-state index contributed by atoms with van der Waals surface area (Å²) >= 11 is 2.49. The molecule has 1 aliphatic rings. The topological polar surface area (TPSA) is 36.9 Å². The van der Waals surface area contributed by atoms with E-state index < -0.39 is 8.32 Å². The molecule has 0 aromatic heterocycles. The Balaban J connectivity index is 2.22. The minimum absolute atomic E-state index is 0.0889. The number of alkyl halides is 1. The molecule has 0 spiro atoms. The van der Waals surface area contributed by atoms with Crippen LogP contribution in [0, 0.1) is 17.8 Å². The first-order chi connectivity index (χ1) is 13.9. The van der Waals surface area contributed by atoms with Crippen LogP contribution in [0.5, 0.6) is 5.75 Å². The van der Waals surface area contributed by atoms with Crippen molar-refractivity contribution in [1.82, 2.24) is 0 Å². The molecule has 6 heteroatoms. The van der Waals surface area contributed by atoms with Crippen LogP contribution in [0.25, 0.3) is 0 Å². The maximum atomic E-state index is 6.99. The summed E-state index contributed by atoms with van der Waals surface area (Å²) < 4.78 is 26.0. The Labute approximate surface area is 198 Å². The van der Waals surface area contributed by atoms with Gasteiger partial charge in [-0.1, -0.05) is 76.3 Å².